The van der Waals surface area contributed by atoms with Crippen molar-refractivity contribution in [1.82, 2.24) is 4.90 Å². The second-order valence-corrected chi connectivity index (χ2v) is 15.6. The number of nitriles is 1. The van der Waals surface area contributed by atoms with Crippen molar-refractivity contribution >= 4 is 18.7 Å². The fraction of sp³-hybridized carbons (Fsp3) is 0.483. The van der Waals surface area contributed by atoms with E-state index in [9.17, 15) is 5.26 Å². The largest absolute Gasteiger partial charge is 0.405 e. The maximum absolute atomic E-state index is 9.89. The van der Waals surface area contributed by atoms with Crippen LogP contribution < -0.4 is 10.4 Å². The first-order valence-electron chi connectivity index (χ1n) is 12.5. The average Bonchev–Trinajstić information content (AvgIpc) is 3.31. The van der Waals surface area contributed by atoms with Crippen molar-refractivity contribution in [3.63, 3.8) is 0 Å². The molecule has 2 saturated heterocycles. The van der Waals surface area contributed by atoms with Gasteiger partial charge < -0.3 is 23.5 Å². The Morgan fingerprint density at radius 3 is 2.00 bits per heavy atom. The number of fused-ring (bicyclic) bond motifs is 1. The zero-order valence-corrected chi connectivity index (χ0v) is 23.4. The van der Waals surface area contributed by atoms with Crippen molar-refractivity contribution in [2.45, 2.75) is 69.9 Å². The lowest BCUT2D eigenvalue weighted by Gasteiger charge is -2.43. The summed E-state index contributed by atoms with van der Waals surface area (Å²) in [4.78, 5) is 1.85. The topological polar surface area (TPSA) is 64.0 Å². The molecule has 2 fully saturated rings. The van der Waals surface area contributed by atoms with Crippen LogP contribution in [-0.4, -0.2) is 64.1 Å². The maximum Gasteiger partial charge on any atom is 0.261 e. The maximum atomic E-state index is 9.89. The molecule has 0 bridgehead atoms. The molecule has 0 saturated carbocycles. The highest BCUT2D eigenvalue weighted by Gasteiger charge is 2.58. The van der Waals surface area contributed by atoms with E-state index in [4.69, 9.17) is 18.6 Å². The Hall–Kier alpha value is -2.47. The van der Waals surface area contributed by atoms with Gasteiger partial charge in [-0.25, -0.2) is 0 Å². The van der Waals surface area contributed by atoms with Gasteiger partial charge in [0, 0.05) is 20.3 Å². The molecule has 4 rings (SSSR count). The number of ether oxygens (including phenoxy) is 3. The molecule has 4 atom stereocenters. The molecular weight excluding hydrogens is 468 g/mol. The van der Waals surface area contributed by atoms with Crippen molar-refractivity contribution in [2.75, 3.05) is 20.7 Å². The van der Waals surface area contributed by atoms with Crippen molar-refractivity contribution in [3.05, 3.63) is 72.4 Å². The zero-order valence-electron chi connectivity index (χ0n) is 22.4. The number of hydrogen-bond donors (Lipinski definition) is 0. The molecule has 0 spiro atoms. The first-order valence-corrected chi connectivity index (χ1v) is 14.4. The number of benzene rings is 2. The lowest BCUT2D eigenvalue weighted by molar-refractivity contribution is -0.185. The molecular formula is C29H38N2O4Si. The minimum Gasteiger partial charge on any atom is -0.405 e. The summed E-state index contributed by atoms with van der Waals surface area (Å²) < 4.78 is 26.2. The van der Waals surface area contributed by atoms with Gasteiger partial charge >= 0.3 is 0 Å². The minimum atomic E-state index is -2.74. The Kier molecular flexibility index (Phi) is 7.47. The molecule has 2 aromatic carbocycles. The van der Waals surface area contributed by atoms with Gasteiger partial charge in [0.15, 0.2) is 5.79 Å². The standard InChI is InChI=1S/C29H38N2O4Si/c1-28(2,3)36(22-14-10-8-11-15-22,23-16-12-9-13-17-23)32-20-24-26-27(35-29(4,5)34-26)25(33-24)21(18-30)19-31(6)7/h8-17,19,24-27H,20H2,1-7H3/t24-,25?,26-,27+/m1/s1. The Morgan fingerprint density at radius 1 is 1.00 bits per heavy atom. The van der Waals surface area contributed by atoms with Crippen LogP contribution in [-0.2, 0) is 18.6 Å². The highest BCUT2D eigenvalue weighted by molar-refractivity contribution is 6.99. The predicted octanol–water partition coefficient (Wildman–Crippen LogP) is 3.82. The molecule has 2 aliphatic heterocycles. The Bertz CT molecular complexity index is 1070. The van der Waals surface area contributed by atoms with Crippen LogP contribution in [0, 0.1) is 11.3 Å². The van der Waals surface area contributed by atoms with E-state index in [0.717, 1.165) is 0 Å². The normalized spacial score (nSPS) is 25.9. The highest BCUT2D eigenvalue weighted by Crippen LogP contribution is 2.42. The molecule has 0 amide bonds. The summed E-state index contributed by atoms with van der Waals surface area (Å²) in [5, 5.41) is 12.2. The first kappa shape index (κ1) is 26.6. The van der Waals surface area contributed by atoms with Crippen LogP contribution in [0.25, 0.3) is 0 Å². The first-order chi connectivity index (χ1) is 17.0. The third kappa shape index (κ3) is 5.02. The Balaban J connectivity index is 1.71. The summed E-state index contributed by atoms with van der Waals surface area (Å²) >= 11 is 0. The van der Waals surface area contributed by atoms with Gasteiger partial charge in [0.25, 0.3) is 8.32 Å². The smallest absolute Gasteiger partial charge is 0.261 e. The number of nitrogens with zero attached hydrogens (tertiary/aromatic N) is 2. The summed E-state index contributed by atoms with van der Waals surface area (Å²) in [5.41, 5.74) is 0.518. The van der Waals surface area contributed by atoms with Crippen LogP contribution in [0.1, 0.15) is 34.6 Å². The van der Waals surface area contributed by atoms with E-state index in [0.29, 0.717) is 12.2 Å². The molecule has 1 unspecified atom stereocenters. The van der Waals surface area contributed by atoms with E-state index in [1.807, 2.05) is 45.0 Å². The SMILES string of the molecule is CN(C)C=C(C#N)C1O[C@H](CO[Si](c2ccccc2)(c2ccccc2)C(C)(C)C)[C@H]2OC(C)(C)O[C@@H]12. The van der Waals surface area contributed by atoms with E-state index in [1.165, 1.54) is 10.4 Å². The molecule has 192 valence electrons. The van der Waals surface area contributed by atoms with Gasteiger partial charge in [-0.15, -0.1) is 0 Å². The molecule has 0 aromatic heterocycles. The lowest BCUT2D eigenvalue weighted by Crippen LogP contribution is -2.67. The monoisotopic (exact) mass is 506 g/mol. The summed E-state index contributed by atoms with van der Waals surface area (Å²) in [6.07, 6.45) is 0.196. The van der Waals surface area contributed by atoms with E-state index in [-0.39, 0.29) is 23.4 Å². The Morgan fingerprint density at radius 2 is 1.53 bits per heavy atom. The molecule has 0 N–H and O–H groups in total. The van der Waals surface area contributed by atoms with E-state index in [1.54, 1.807) is 6.20 Å². The second kappa shape index (κ2) is 10.1. The molecule has 2 heterocycles. The third-order valence-electron chi connectivity index (χ3n) is 6.86. The quantitative estimate of drug-likeness (QED) is 0.420. The van der Waals surface area contributed by atoms with Crippen LogP contribution >= 0.6 is 0 Å². The Labute approximate surface area is 216 Å². The lowest BCUT2D eigenvalue weighted by atomic mass is 10.0. The summed E-state index contributed by atoms with van der Waals surface area (Å²) in [6.45, 7) is 10.9. The van der Waals surface area contributed by atoms with Gasteiger partial charge in [-0.1, -0.05) is 81.4 Å². The molecule has 7 heteroatoms. The van der Waals surface area contributed by atoms with E-state index >= 15 is 0 Å². The number of hydrogen-bond acceptors (Lipinski definition) is 6. The van der Waals surface area contributed by atoms with Crippen molar-refractivity contribution in [3.8, 4) is 6.07 Å². The van der Waals surface area contributed by atoms with Crippen LogP contribution in [0.5, 0.6) is 0 Å². The molecule has 0 aliphatic carbocycles. The van der Waals surface area contributed by atoms with Gasteiger partial charge in [0.2, 0.25) is 0 Å². The van der Waals surface area contributed by atoms with Gasteiger partial charge in [0.1, 0.15) is 24.4 Å². The highest BCUT2D eigenvalue weighted by atomic mass is 28.4. The van der Waals surface area contributed by atoms with Crippen LogP contribution in [0.2, 0.25) is 5.04 Å². The van der Waals surface area contributed by atoms with Crippen molar-refractivity contribution in [1.29, 1.82) is 5.26 Å². The number of rotatable bonds is 7. The van der Waals surface area contributed by atoms with Crippen LogP contribution in [0.15, 0.2) is 72.4 Å². The molecule has 0 radical (unpaired) electrons. The van der Waals surface area contributed by atoms with Crippen molar-refractivity contribution in [2.24, 2.45) is 0 Å². The van der Waals surface area contributed by atoms with Crippen LogP contribution in [0.3, 0.4) is 0 Å². The molecule has 36 heavy (non-hydrogen) atoms. The fourth-order valence-electron chi connectivity index (χ4n) is 5.48. The third-order valence-corrected chi connectivity index (χ3v) is 11.9. The molecule has 2 aromatic rings. The summed E-state index contributed by atoms with van der Waals surface area (Å²) in [7, 11) is 1.04. The molecule has 2 aliphatic rings. The van der Waals surface area contributed by atoms with Gasteiger partial charge in [-0.2, -0.15) is 5.26 Å². The zero-order chi connectivity index (χ0) is 26.1. The van der Waals surface area contributed by atoms with Gasteiger partial charge in [-0.3, -0.25) is 0 Å². The second-order valence-electron chi connectivity index (χ2n) is 11.3. The van der Waals surface area contributed by atoms with E-state index < -0.39 is 20.2 Å². The minimum absolute atomic E-state index is 0.151. The fourth-order valence-corrected chi connectivity index (χ4v) is 10.0. The van der Waals surface area contributed by atoms with E-state index in [2.05, 4.69) is 75.4 Å². The van der Waals surface area contributed by atoms with Gasteiger partial charge in [0.05, 0.1) is 18.2 Å². The summed E-state index contributed by atoms with van der Waals surface area (Å²) in [6, 6.07) is 23.4. The van der Waals surface area contributed by atoms with Crippen LogP contribution in [0.4, 0.5) is 0 Å². The van der Waals surface area contributed by atoms with Crippen molar-refractivity contribution < 1.29 is 18.6 Å². The summed E-state index contributed by atoms with van der Waals surface area (Å²) in [5.74, 6) is -0.758. The molecule has 6 nitrogen and oxygen atoms in total. The predicted molar refractivity (Wildman–Crippen MR) is 143 cm³/mol. The van der Waals surface area contributed by atoms with Gasteiger partial charge in [-0.05, 0) is 29.3 Å². The average molecular weight is 507 g/mol.